The zero-order valence-corrected chi connectivity index (χ0v) is 27.5. The van der Waals surface area contributed by atoms with Gasteiger partial charge in [0.05, 0.1) is 35.2 Å². The van der Waals surface area contributed by atoms with Gasteiger partial charge in [0.2, 0.25) is 0 Å². The molecule has 1 saturated heterocycles. The molecule has 0 N–H and O–H groups in total. The van der Waals surface area contributed by atoms with Gasteiger partial charge in [-0.2, -0.15) is 0 Å². The SMILES string of the molecule is COc1ccc2c(c1)Sc1cc(F)ccc1N2[C@@H]1O[C@H](COC(=O)c2ccccc2)[C@@H](OC(=O)c2ccccc2)[C@H]1OC(=O)c1ccccc1. The van der Waals surface area contributed by atoms with E-state index in [0.29, 0.717) is 27.6 Å². The van der Waals surface area contributed by atoms with E-state index in [1.54, 1.807) is 115 Å². The third kappa shape index (κ3) is 6.78. The van der Waals surface area contributed by atoms with Gasteiger partial charge in [0.25, 0.3) is 0 Å². The summed E-state index contributed by atoms with van der Waals surface area (Å²) in [6, 6.07) is 34.9. The average Bonchev–Trinajstić information content (AvgIpc) is 3.48. The van der Waals surface area contributed by atoms with Crippen LogP contribution < -0.4 is 9.64 Å². The fourth-order valence-corrected chi connectivity index (χ4v) is 6.98. The molecule has 50 heavy (non-hydrogen) atoms. The second-order valence-electron chi connectivity index (χ2n) is 11.4. The predicted octanol–water partition coefficient (Wildman–Crippen LogP) is 7.47. The van der Waals surface area contributed by atoms with Crippen molar-refractivity contribution < 1.29 is 42.5 Å². The third-order valence-corrected chi connectivity index (χ3v) is 9.36. The number of ether oxygens (including phenoxy) is 5. The lowest BCUT2D eigenvalue weighted by Gasteiger charge is -2.38. The minimum Gasteiger partial charge on any atom is -0.497 e. The van der Waals surface area contributed by atoms with Gasteiger partial charge in [0.1, 0.15) is 24.3 Å². The van der Waals surface area contributed by atoms with Crippen molar-refractivity contribution in [1.29, 1.82) is 0 Å². The topological polar surface area (TPSA) is 101 Å². The maximum absolute atomic E-state index is 14.6. The van der Waals surface area contributed by atoms with Crippen molar-refractivity contribution in [2.45, 2.75) is 34.3 Å². The summed E-state index contributed by atoms with van der Waals surface area (Å²) < 4.78 is 44.8. The van der Waals surface area contributed by atoms with Crippen LogP contribution in [0.15, 0.2) is 137 Å². The highest BCUT2D eigenvalue weighted by Gasteiger charge is 2.54. The molecule has 2 aliphatic rings. The predicted molar refractivity (Wildman–Crippen MR) is 182 cm³/mol. The fourth-order valence-electron chi connectivity index (χ4n) is 5.86. The molecule has 0 radical (unpaired) electrons. The van der Waals surface area contributed by atoms with Crippen LogP contribution in [0.25, 0.3) is 0 Å². The Hall–Kier alpha value is -5.65. The molecule has 0 spiro atoms. The van der Waals surface area contributed by atoms with Gasteiger partial charge in [-0.15, -0.1) is 0 Å². The summed E-state index contributed by atoms with van der Waals surface area (Å²) in [7, 11) is 1.55. The van der Waals surface area contributed by atoms with E-state index in [0.717, 1.165) is 4.90 Å². The first-order chi connectivity index (χ1) is 24.4. The van der Waals surface area contributed by atoms with E-state index in [4.69, 9.17) is 23.7 Å². The number of carbonyl (C=O) groups is 3. The molecule has 0 amide bonds. The van der Waals surface area contributed by atoms with Crippen LogP contribution in [-0.2, 0) is 18.9 Å². The Bertz CT molecular complexity index is 2010. The Morgan fingerprint density at radius 3 is 1.78 bits per heavy atom. The van der Waals surface area contributed by atoms with Crippen LogP contribution in [0.4, 0.5) is 15.8 Å². The smallest absolute Gasteiger partial charge is 0.338 e. The molecule has 11 heteroatoms. The first-order valence-electron chi connectivity index (χ1n) is 15.7. The lowest BCUT2D eigenvalue weighted by molar-refractivity contribution is -0.0446. The molecule has 7 rings (SSSR count). The number of benzene rings is 5. The van der Waals surface area contributed by atoms with E-state index in [9.17, 15) is 18.8 Å². The van der Waals surface area contributed by atoms with Gasteiger partial charge in [0.15, 0.2) is 18.4 Å². The van der Waals surface area contributed by atoms with Crippen LogP contribution in [0.3, 0.4) is 0 Å². The number of methoxy groups -OCH3 is 1. The normalized spacial score (nSPS) is 19.1. The standard InChI is InChI=1S/C39H30FNO8S/c1-45-28-18-20-30-33(22-28)50-32-21-27(40)17-19-29(32)41(30)36-35(49-39(44)26-15-9-4-10-16-26)34(48-38(43)25-13-7-3-8-14-25)31(47-36)23-46-37(42)24-11-5-2-6-12-24/h2-22,31,34-36H,23H2,1H3/t31-,34-,35-,36-/m1/s1. The largest absolute Gasteiger partial charge is 0.497 e. The van der Waals surface area contributed by atoms with Crippen molar-refractivity contribution in [3.63, 3.8) is 0 Å². The second-order valence-corrected chi connectivity index (χ2v) is 12.5. The Balaban J connectivity index is 1.32. The quantitative estimate of drug-likeness (QED) is 0.114. The van der Waals surface area contributed by atoms with Gasteiger partial charge in [-0.3, -0.25) is 0 Å². The van der Waals surface area contributed by atoms with Crippen LogP contribution in [0, 0.1) is 5.82 Å². The zero-order valence-electron chi connectivity index (χ0n) is 26.6. The minimum atomic E-state index is -1.26. The van der Waals surface area contributed by atoms with E-state index < -0.39 is 48.3 Å². The van der Waals surface area contributed by atoms with E-state index in [2.05, 4.69) is 0 Å². The van der Waals surface area contributed by atoms with Crippen LogP contribution in [0.1, 0.15) is 31.1 Å². The van der Waals surface area contributed by atoms with E-state index in [-0.39, 0.29) is 17.7 Å². The molecule has 0 saturated carbocycles. The van der Waals surface area contributed by atoms with Crippen molar-refractivity contribution in [3.8, 4) is 5.75 Å². The van der Waals surface area contributed by atoms with Crippen LogP contribution in [0.5, 0.6) is 5.75 Å². The summed E-state index contributed by atoms with van der Waals surface area (Å²) in [6.07, 6.45) is -4.72. The summed E-state index contributed by atoms with van der Waals surface area (Å²) in [5.41, 5.74) is 2.06. The highest BCUT2D eigenvalue weighted by atomic mass is 32.2. The van der Waals surface area contributed by atoms with Crippen molar-refractivity contribution in [2.24, 2.45) is 0 Å². The summed E-state index contributed by atoms with van der Waals surface area (Å²) in [4.78, 5) is 43.4. The number of halogens is 1. The van der Waals surface area contributed by atoms with Gasteiger partial charge in [-0.25, -0.2) is 18.8 Å². The number of carbonyl (C=O) groups excluding carboxylic acids is 3. The molecule has 252 valence electrons. The first kappa shape index (κ1) is 32.9. The van der Waals surface area contributed by atoms with Gasteiger partial charge >= 0.3 is 17.9 Å². The average molecular weight is 692 g/mol. The number of hydrogen-bond acceptors (Lipinski definition) is 10. The molecule has 5 aromatic rings. The third-order valence-electron chi connectivity index (χ3n) is 8.26. The van der Waals surface area contributed by atoms with Crippen molar-refractivity contribution in [1.82, 2.24) is 0 Å². The lowest BCUT2D eigenvalue weighted by Crippen LogP contribution is -2.47. The van der Waals surface area contributed by atoms with Crippen LogP contribution in [-0.4, -0.2) is 56.2 Å². The molecule has 1 fully saturated rings. The Kier molecular flexibility index (Phi) is 9.50. The summed E-state index contributed by atoms with van der Waals surface area (Å²) in [5, 5.41) is 0. The minimum absolute atomic E-state index is 0.261. The maximum Gasteiger partial charge on any atom is 0.338 e. The highest BCUT2D eigenvalue weighted by molar-refractivity contribution is 7.99. The molecular formula is C39H30FNO8S. The number of hydrogen-bond donors (Lipinski definition) is 0. The number of fused-ring (bicyclic) bond motifs is 2. The van der Waals surface area contributed by atoms with E-state index in [1.165, 1.54) is 23.9 Å². The lowest BCUT2D eigenvalue weighted by atomic mass is 10.1. The maximum atomic E-state index is 14.6. The van der Waals surface area contributed by atoms with Crippen LogP contribution in [0.2, 0.25) is 0 Å². The molecule has 0 bridgehead atoms. The molecule has 4 atom stereocenters. The Morgan fingerprint density at radius 2 is 1.20 bits per heavy atom. The van der Waals surface area contributed by atoms with Gasteiger partial charge < -0.3 is 28.6 Å². The Morgan fingerprint density at radius 1 is 0.680 bits per heavy atom. The number of esters is 3. The van der Waals surface area contributed by atoms with E-state index >= 15 is 0 Å². The van der Waals surface area contributed by atoms with Gasteiger partial charge in [0, 0.05) is 9.79 Å². The first-order valence-corrected chi connectivity index (χ1v) is 16.6. The fraction of sp³-hybridized carbons (Fsp3) is 0.154. The van der Waals surface area contributed by atoms with E-state index in [1.807, 2.05) is 12.1 Å². The number of anilines is 2. The van der Waals surface area contributed by atoms with Crippen molar-refractivity contribution in [3.05, 3.63) is 150 Å². The summed E-state index contributed by atoms with van der Waals surface area (Å²) >= 11 is 1.34. The molecule has 0 aliphatic carbocycles. The summed E-state index contributed by atoms with van der Waals surface area (Å²) in [5.74, 6) is -1.86. The molecule has 0 unspecified atom stereocenters. The zero-order chi connectivity index (χ0) is 34.6. The van der Waals surface area contributed by atoms with Gasteiger partial charge in [-0.05, 0) is 72.8 Å². The van der Waals surface area contributed by atoms with Gasteiger partial charge in [-0.1, -0.05) is 66.4 Å². The van der Waals surface area contributed by atoms with Crippen molar-refractivity contribution in [2.75, 3.05) is 18.6 Å². The molecule has 5 aromatic carbocycles. The van der Waals surface area contributed by atoms with Crippen LogP contribution >= 0.6 is 11.8 Å². The number of nitrogens with zero attached hydrogens (tertiary/aromatic N) is 1. The molecule has 2 aliphatic heterocycles. The molecule has 9 nitrogen and oxygen atoms in total. The summed E-state index contributed by atoms with van der Waals surface area (Å²) in [6.45, 7) is -0.343. The van der Waals surface area contributed by atoms with Crippen molar-refractivity contribution >= 4 is 41.0 Å². The monoisotopic (exact) mass is 691 g/mol. The highest BCUT2D eigenvalue weighted by Crippen LogP contribution is 2.52. The number of rotatable bonds is 9. The molecule has 2 heterocycles. The molecule has 0 aromatic heterocycles. The Labute approximate surface area is 291 Å². The second kappa shape index (κ2) is 14.5. The molecular weight excluding hydrogens is 661 g/mol.